The molecule has 0 saturated carbocycles. The van der Waals surface area contributed by atoms with Gasteiger partial charge in [-0.15, -0.1) is 0 Å². The minimum absolute atomic E-state index is 0.210. The fourth-order valence-corrected chi connectivity index (χ4v) is 2.34. The number of nitrogens with zero attached hydrogens (tertiary/aromatic N) is 1. The van der Waals surface area contributed by atoms with Gasteiger partial charge in [-0.3, -0.25) is 0 Å². The summed E-state index contributed by atoms with van der Waals surface area (Å²) in [5.74, 6) is 0.242. The summed E-state index contributed by atoms with van der Waals surface area (Å²) in [6.07, 6.45) is 0.364. The van der Waals surface area contributed by atoms with E-state index in [0.29, 0.717) is 23.8 Å². The molecule has 1 heterocycles. The fraction of sp³-hybridized carbons (Fsp3) is 0.500. The lowest BCUT2D eigenvalue weighted by molar-refractivity contribution is 0.0464. The van der Waals surface area contributed by atoms with Crippen molar-refractivity contribution in [1.29, 1.82) is 0 Å². The van der Waals surface area contributed by atoms with Crippen molar-refractivity contribution in [2.45, 2.75) is 26.4 Å². The Kier molecular flexibility index (Phi) is 4.32. The molecule has 2 atom stereocenters. The van der Waals surface area contributed by atoms with Gasteiger partial charge in [0.15, 0.2) is 0 Å². The van der Waals surface area contributed by atoms with Crippen molar-refractivity contribution in [2.75, 3.05) is 18.4 Å². The van der Waals surface area contributed by atoms with Crippen LogP contribution in [0.4, 0.5) is 10.5 Å². The van der Waals surface area contributed by atoms with Crippen LogP contribution >= 0.6 is 11.6 Å². The van der Waals surface area contributed by atoms with E-state index in [1.165, 1.54) is 0 Å². The predicted molar refractivity (Wildman–Crippen MR) is 76.6 cm³/mol. The predicted octanol–water partition coefficient (Wildman–Crippen LogP) is 2.88. The smallest absolute Gasteiger partial charge is 0.321 e. The van der Waals surface area contributed by atoms with Crippen molar-refractivity contribution < 1.29 is 9.90 Å². The normalized spacial score (nSPS) is 23.3. The van der Waals surface area contributed by atoms with Gasteiger partial charge in [0, 0.05) is 13.1 Å². The number of hydrogen-bond acceptors (Lipinski definition) is 2. The average Bonchev–Trinajstić information content (AvgIpc) is 2.38. The molecule has 2 unspecified atom stereocenters. The number of benzene rings is 1. The lowest BCUT2D eigenvalue weighted by Crippen LogP contribution is -2.47. The molecule has 104 valence electrons. The van der Waals surface area contributed by atoms with Crippen LogP contribution in [0, 0.1) is 12.8 Å². The van der Waals surface area contributed by atoms with Crippen LogP contribution in [0.15, 0.2) is 18.2 Å². The lowest BCUT2D eigenvalue weighted by atomic mass is 9.96. The molecule has 1 saturated heterocycles. The molecular weight excluding hydrogens is 264 g/mol. The van der Waals surface area contributed by atoms with Crippen molar-refractivity contribution >= 4 is 23.3 Å². The highest BCUT2D eigenvalue weighted by Gasteiger charge is 2.27. The first kappa shape index (κ1) is 14.2. The first-order valence-electron chi connectivity index (χ1n) is 6.48. The Balaban J connectivity index is 2.03. The molecule has 1 aromatic carbocycles. The number of piperidine rings is 1. The van der Waals surface area contributed by atoms with E-state index in [1.54, 1.807) is 11.0 Å². The molecule has 0 spiro atoms. The number of aliphatic hydroxyl groups excluding tert-OH is 1. The van der Waals surface area contributed by atoms with Crippen LogP contribution in [0.1, 0.15) is 18.9 Å². The Morgan fingerprint density at radius 1 is 1.53 bits per heavy atom. The summed E-state index contributed by atoms with van der Waals surface area (Å²) < 4.78 is 0. The first-order chi connectivity index (χ1) is 8.99. The quantitative estimate of drug-likeness (QED) is 0.832. The summed E-state index contributed by atoms with van der Waals surface area (Å²) in [5, 5.41) is 13.2. The van der Waals surface area contributed by atoms with Crippen molar-refractivity contribution in [3.05, 3.63) is 28.8 Å². The second-order valence-electron chi connectivity index (χ2n) is 5.15. The van der Waals surface area contributed by atoms with E-state index in [0.717, 1.165) is 12.0 Å². The standard InChI is InChI=1S/C14H19ClN2O2/c1-9-6-7-17(8-12(9)18)14(19)16-11-5-3-4-10(2)13(11)15/h3-5,9,12,18H,6-8H2,1-2H3,(H,16,19). The zero-order valence-corrected chi connectivity index (χ0v) is 11.9. The number of likely N-dealkylation sites (tertiary alicyclic amines) is 1. The molecule has 2 rings (SSSR count). The van der Waals surface area contributed by atoms with Gasteiger partial charge in [-0.05, 0) is 30.9 Å². The third kappa shape index (κ3) is 3.19. The third-order valence-corrected chi connectivity index (χ3v) is 4.14. The Morgan fingerprint density at radius 3 is 2.95 bits per heavy atom. The molecule has 0 aliphatic carbocycles. The van der Waals surface area contributed by atoms with Crippen molar-refractivity contribution in [3.8, 4) is 0 Å². The molecule has 19 heavy (non-hydrogen) atoms. The number of amides is 2. The summed E-state index contributed by atoms with van der Waals surface area (Å²) in [6.45, 7) is 4.92. The van der Waals surface area contributed by atoms with Gasteiger partial charge >= 0.3 is 6.03 Å². The zero-order valence-electron chi connectivity index (χ0n) is 11.2. The number of rotatable bonds is 1. The zero-order chi connectivity index (χ0) is 14.0. The van der Waals surface area contributed by atoms with Crippen LogP contribution < -0.4 is 5.32 Å². The Hall–Kier alpha value is -1.26. The molecule has 1 aliphatic heterocycles. The summed E-state index contributed by atoms with van der Waals surface area (Å²) in [5.41, 5.74) is 1.53. The van der Waals surface area contributed by atoms with Gasteiger partial charge in [0.05, 0.1) is 16.8 Å². The minimum atomic E-state index is -0.451. The molecule has 0 bridgehead atoms. The van der Waals surface area contributed by atoms with Crippen LogP contribution in [0.3, 0.4) is 0 Å². The molecule has 2 amide bonds. The van der Waals surface area contributed by atoms with Crippen LogP contribution in [0.25, 0.3) is 0 Å². The van der Waals surface area contributed by atoms with Crippen molar-refractivity contribution in [1.82, 2.24) is 4.90 Å². The molecule has 1 aliphatic rings. The highest BCUT2D eigenvalue weighted by molar-refractivity contribution is 6.34. The van der Waals surface area contributed by atoms with Gasteiger partial charge in [-0.25, -0.2) is 4.79 Å². The fourth-order valence-electron chi connectivity index (χ4n) is 2.17. The van der Waals surface area contributed by atoms with E-state index in [4.69, 9.17) is 11.6 Å². The van der Waals surface area contributed by atoms with Gasteiger partial charge in [0.1, 0.15) is 0 Å². The van der Waals surface area contributed by atoms with Crippen LogP contribution in [-0.4, -0.2) is 35.2 Å². The molecule has 5 heteroatoms. The number of anilines is 1. The SMILES string of the molecule is Cc1cccc(NC(=O)N2CCC(C)C(O)C2)c1Cl. The molecular formula is C14H19ClN2O2. The second kappa shape index (κ2) is 5.80. The van der Waals surface area contributed by atoms with Crippen LogP contribution in [0.2, 0.25) is 5.02 Å². The maximum absolute atomic E-state index is 12.1. The molecule has 4 nitrogen and oxygen atoms in total. The van der Waals surface area contributed by atoms with E-state index in [-0.39, 0.29) is 11.9 Å². The number of hydrogen-bond donors (Lipinski definition) is 2. The highest BCUT2D eigenvalue weighted by atomic mass is 35.5. The highest BCUT2D eigenvalue weighted by Crippen LogP contribution is 2.26. The minimum Gasteiger partial charge on any atom is -0.391 e. The number of aliphatic hydroxyl groups is 1. The average molecular weight is 283 g/mol. The maximum Gasteiger partial charge on any atom is 0.321 e. The summed E-state index contributed by atoms with van der Waals surface area (Å²) in [7, 11) is 0. The largest absolute Gasteiger partial charge is 0.391 e. The van der Waals surface area contributed by atoms with Crippen LogP contribution in [0.5, 0.6) is 0 Å². The lowest BCUT2D eigenvalue weighted by Gasteiger charge is -2.34. The Morgan fingerprint density at radius 2 is 2.26 bits per heavy atom. The second-order valence-corrected chi connectivity index (χ2v) is 5.52. The first-order valence-corrected chi connectivity index (χ1v) is 6.86. The molecule has 0 aromatic heterocycles. The van der Waals surface area contributed by atoms with Gasteiger partial charge in [-0.2, -0.15) is 0 Å². The summed E-state index contributed by atoms with van der Waals surface area (Å²) in [4.78, 5) is 13.8. The van der Waals surface area contributed by atoms with Crippen molar-refractivity contribution in [2.24, 2.45) is 5.92 Å². The summed E-state index contributed by atoms with van der Waals surface area (Å²) in [6, 6.07) is 5.31. The van der Waals surface area contributed by atoms with E-state index in [1.807, 2.05) is 26.0 Å². The number of aryl methyl sites for hydroxylation is 1. The Bertz CT molecular complexity index is 479. The van der Waals surface area contributed by atoms with Gasteiger partial charge in [0.2, 0.25) is 0 Å². The topological polar surface area (TPSA) is 52.6 Å². The van der Waals surface area contributed by atoms with E-state index in [9.17, 15) is 9.90 Å². The number of urea groups is 1. The maximum atomic E-state index is 12.1. The van der Waals surface area contributed by atoms with E-state index >= 15 is 0 Å². The summed E-state index contributed by atoms with van der Waals surface area (Å²) >= 11 is 6.15. The monoisotopic (exact) mass is 282 g/mol. The van der Waals surface area contributed by atoms with Gasteiger partial charge in [0.25, 0.3) is 0 Å². The molecule has 1 fully saturated rings. The van der Waals surface area contributed by atoms with E-state index < -0.39 is 6.10 Å². The number of carbonyl (C=O) groups is 1. The number of nitrogens with one attached hydrogen (secondary N) is 1. The number of carbonyl (C=O) groups excluding carboxylic acids is 1. The van der Waals surface area contributed by atoms with Crippen molar-refractivity contribution in [3.63, 3.8) is 0 Å². The van der Waals surface area contributed by atoms with Crippen LogP contribution in [-0.2, 0) is 0 Å². The Labute approximate surface area is 118 Å². The number of β-amino-alcohol motifs (C(OH)–C–C–N with tert-alkyl or cyclic N) is 1. The molecule has 0 radical (unpaired) electrons. The number of halogens is 1. The van der Waals surface area contributed by atoms with E-state index in [2.05, 4.69) is 5.32 Å². The molecule has 2 N–H and O–H groups in total. The van der Waals surface area contributed by atoms with Gasteiger partial charge in [-0.1, -0.05) is 30.7 Å². The molecule has 1 aromatic rings. The van der Waals surface area contributed by atoms with Gasteiger partial charge < -0.3 is 15.3 Å². The third-order valence-electron chi connectivity index (χ3n) is 3.64.